The van der Waals surface area contributed by atoms with E-state index < -0.39 is 8.74 Å². The Hall–Kier alpha value is -0.433. The van der Waals surface area contributed by atoms with Crippen molar-refractivity contribution in [2.24, 2.45) is 0 Å². The van der Waals surface area contributed by atoms with Crippen molar-refractivity contribution in [1.29, 1.82) is 5.26 Å². The molecule has 0 aromatic rings. The van der Waals surface area contributed by atoms with E-state index in [-0.39, 0.29) is 12.5 Å². The second-order valence-corrected chi connectivity index (χ2v) is 4.98. The summed E-state index contributed by atoms with van der Waals surface area (Å²) < 4.78 is 23.8. The van der Waals surface area contributed by atoms with Gasteiger partial charge >= 0.3 is 47.3 Å². The summed E-state index contributed by atoms with van der Waals surface area (Å²) in [5.74, 6) is 0. The van der Waals surface area contributed by atoms with Crippen molar-refractivity contribution in [2.45, 2.75) is 19.0 Å². The van der Waals surface area contributed by atoms with Gasteiger partial charge in [-0.3, -0.25) is 0 Å². The fourth-order valence-corrected chi connectivity index (χ4v) is 0.954. The number of rotatable bonds is 2. The molecule has 48 valence electrons. The zero-order chi connectivity index (χ0) is 6.62. The van der Waals surface area contributed by atoms with Crippen LogP contribution in [0.15, 0.2) is 0 Å². The fraction of sp³-hybridized carbons (Fsp3) is 0.750. The van der Waals surface area contributed by atoms with Crippen LogP contribution in [0.2, 0.25) is 12.6 Å². The van der Waals surface area contributed by atoms with Crippen molar-refractivity contribution in [3.63, 3.8) is 0 Å². The van der Waals surface area contributed by atoms with Crippen molar-refractivity contribution in [1.82, 2.24) is 0 Å². The van der Waals surface area contributed by atoms with Gasteiger partial charge in [-0.25, -0.2) is 0 Å². The first-order valence-corrected chi connectivity index (χ1v) is 5.34. The molecule has 0 aliphatic heterocycles. The van der Waals surface area contributed by atoms with Crippen molar-refractivity contribution >= 4 is 8.74 Å². The van der Waals surface area contributed by atoms with Gasteiger partial charge in [-0.05, 0) is 0 Å². The number of hydrogen-bond acceptors (Lipinski definition) is 1. The van der Waals surface area contributed by atoms with Gasteiger partial charge in [0, 0.05) is 0 Å². The Morgan fingerprint density at radius 1 is 1.62 bits per heavy atom. The van der Waals surface area contributed by atoms with Crippen LogP contribution in [0.5, 0.6) is 0 Å². The van der Waals surface area contributed by atoms with Gasteiger partial charge < -0.3 is 0 Å². The van der Waals surface area contributed by atoms with Gasteiger partial charge in [0.1, 0.15) is 0 Å². The Labute approximate surface area is 48.3 Å². The van der Waals surface area contributed by atoms with E-state index >= 15 is 0 Å². The Balaban J connectivity index is 3.28. The van der Waals surface area contributed by atoms with E-state index in [0.717, 1.165) is 6.55 Å². The van der Waals surface area contributed by atoms with Crippen molar-refractivity contribution in [3.8, 4) is 6.07 Å². The minimum absolute atomic E-state index is 0.00810. The first-order chi connectivity index (χ1) is 3.56. The Bertz CT molecular complexity index is 102. The molecule has 0 N–H and O–H groups in total. The topological polar surface area (TPSA) is 23.8 Å². The van der Waals surface area contributed by atoms with Crippen LogP contribution < -0.4 is 0 Å². The number of nitrogens with zero attached hydrogens (tertiary/aromatic N) is 1. The molecule has 0 aliphatic carbocycles. The summed E-state index contributed by atoms with van der Waals surface area (Å²) in [6.07, 6.45) is 0.00810. The molecule has 4 heteroatoms. The van der Waals surface area contributed by atoms with Crippen LogP contribution in [0.25, 0.3) is 0 Å². The van der Waals surface area contributed by atoms with Crippen LogP contribution in [-0.2, 0) is 0 Å². The van der Waals surface area contributed by atoms with Crippen LogP contribution >= 0.6 is 0 Å². The summed E-state index contributed by atoms with van der Waals surface area (Å²) in [5.41, 5.74) is 0. The van der Waals surface area contributed by atoms with Crippen molar-refractivity contribution in [2.75, 3.05) is 0 Å². The van der Waals surface area contributed by atoms with Crippen molar-refractivity contribution in [3.05, 3.63) is 0 Å². The van der Waals surface area contributed by atoms with Gasteiger partial charge in [-0.1, -0.05) is 0 Å². The Kier molecular flexibility index (Phi) is 2.62. The Morgan fingerprint density at radius 3 is 2.25 bits per heavy atom. The van der Waals surface area contributed by atoms with E-state index in [1.54, 1.807) is 6.07 Å². The Morgan fingerprint density at radius 2 is 2.12 bits per heavy atom. The van der Waals surface area contributed by atoms with Gasteiger partial charge in [0.25, 0.3) is 0 Å². The van der Waals surface area contributed by atoms with Crippen LogP contribution in [0.3, 0.4) is 0 Å². The summed E-state index contributed by atoms with van der Waals surface area (Å²) in [6, 6.07) is 1.52. The number of nitriles is 1. The first-order valence-electron chi connectivity index (χ1n) is 2.50. The van der Waals surface area contributed by atoms with Gasteiger partial charge in [0.2, 0.25) is 0 Å². The van der Waals surface area contributed by atoms with Gasteiger partial charge in [0.15, 0.2) is 0 Å². The molecule has 0 bridgehead atoms. The standard InChI is InChI=1S/C4H8F2NSi/c1-8(5,6)4-2-3-7/h8H,2,4H2,1H3/q-1. The summed E-state index contributed by atoms with van der Waals surface area (Å²) in [5, 5.41) is 7.87. The molecule has 8 heavy (non-hydrogen) atoms. The summed E-state index contributed by atoms with van der Waals surface area (Å²) in [7, 11) is -4.15. The van der Waals surface area contributed by atoms with E-state index in [1.165, 1.54) is 0 Å². The van der Waals surface area contributed by atoms with Crippen LogP contribution in [0.4, 0.5) is 8.22 Å². The van der Waals surface area contributed by atoms with Crippen molar-refractivity contribution < 1.29 is 8.22 Å². The molecule has 0 atom stereocenters. The fourth-order valence-electron chi connectivity index (χ4n) is 0.318. The zero-order valence-corrected chi connectivity index (χ0v) is 5.85. The van der Waals surface area contributed by atoms with E-state index in [9.17, 15) is 8.22 Å². The molecule has 0 heterocycles. The van der Waals surface area contributed by atoms with E-state index in [2.05, 4.69) is 0 Å². The average Bonchev–Trinajstić information content (AvgIpc) is 1.59. The van der Waals surface area contributed by atoms with E-state index in [1.807, 2.05) is 0 Å². The predicted octanol–water partition coefficient (Wildman–Crippen LogP) is 1.64. The number of halogens is 2. The number of hydrogen-bond donors (Lipinski definition) is 0. The molecule has 0 spiro atoms. The molecule has 0 aromatic heterocycles. The summed E-state index contributed by atoms with van der Waals surface area (Å²) in [4.78, 5) is 0. The molecule has 0 radical (unpaired) electrons. The molecule has 0 fully saturated rings. The van der Waals surface area contributed by atoms with Gasteiger partial charge in [-0.15, -0.1) is 0 Å². The van der Waals surface area contributed by atoms with Gasteiger partial charge in [-0.2, -0.15) is 0 Å². The molecule has 0 saturated heterocycles. The predicted molar refractivity (Wildman–Crippen MR) is 30.3 cm³/mol. The second-order valence-electron chi connectivity index (χ2n) is 1.93. The first kappa shape index (κ1) is 7.57. The SMILES string of the molecule is C[SiH-](F)(F)CCC#N. The molecule has 1 nitrogen and oxygen atoms in total. The monoisotopic (exact) mass is 136 g/mol. The maximum atomic E-state index is 11.9. The van der Waals surface area contributed by atoms with Crippen LogP contribution in [0, 0.1) is 11.3 Å². The van der Waals surface area contributed by atoms with E-state index in [0.29, 0.717) is 0 Å². The second kappa shape index (κ2) is 2.77. The quantitative estimate of drug-likeness (QED) is 0.418. The normalized spacial score (nSPS) is 12.8. The molecule has 0 saturated carbocycles. The third-order valence-electron chi connectivity index (χ3n) is 0.763. The van der Waals surface area contributed by atoms with Crippen LogP contribution in [0.1, 0.15) is 6.42 Å². The summed E-state index contributed by atoms with van der Waals surface area (Å²) in [6.45, 7) is 0.977. The maximum absolute atomic E-state index is 11.9. The molecule has 0 rings (SSSR count). The minimum atomic E-state index is -4.15. The summed E-state index contributed by atoms with van der Waals surface area (Å²) >= 11 is 0. The molecular formula is C4H8F2NSi-. The molecule has 0 aliphatic rings. The molecule has 0 aromatic carbocycles. The molecular weight excluding hydrogens is 128 g/mol. The van der Waals surface area contributed by atoms with E-state index in [4.69, 9.17) is 5.26 Å². The van der Waals surface area contributed by atoms with Crippen LogP contribution in [-0.4, -0.2) is 8.74 Å². The third kappa shape index (κ3) is 5.57. The third-order valence-corrected chi connectivity index (χ3v) is 2.07. The molecule has 0 unspecified atom stereocenters. The molecule has 0 amide bonds. The average molecular weight is 136 g/mol. The zero-order valence-electron chi connectivity index (χ0n) is 4.69. The van der Waals surface area contributed by atoms with Gasteiger partial charge in [0.05, 0.1) is 0 Å².